The maximum absolute atomic E-state index is 12.0. The maximum Gasteiger partial charge on any atom is 0.345 e. The molecule has 0 aromatic carbocycles. The quantitative estimate of drug-likeness (QED) is 0.815. The second-order valence-electron chi connectivity index (χ2n) is 3.06. The fourth-order valence-corrected chi connectivity index (χ4v) is 3.83. The van der Waals surface area contributed by atoms with E-state index in [1.807, 2.05) is 0 Å². The summed E-state index contributed by atoms with van der Waals surface area (Å²) < 4.78 is 25.2. The molecule has 1 heterocycles. The highest BCUT2D eigenvalue weighted by Crippen LogP contribution is 2.24. The van der Waals surface area contributed by atoms with Crippen molar-refractivity contribution < 1.29 is 18.3 Å². The first kappa shape index (κ1) is 13.7. The third-order valence-electron chi connectivity index (χ3n) is 2.01. The van der Waals surface area contributed by atoms with Crippen LogP contribution in [0, 0.1) is 12.3 Å². The molecule has 0 unspecified atom stereocenters. The van der Waals surface area contributed by atoms with Gasteiger partial charge >= 0.3 is 5.97 Å². The summed E-state index contributed by atoms with van der Waals surface area (Å²) in [5.74, 6) is 1.12. The van der Waals surface area contributed by atoms with Crippen LogP contribution in [0.25, 0.3) is 0 Å². The molecule has 7 heteroatoms. The highest BCUT2D eigenvalue weighted by Gasteiger charge is 2.25. The Hall–Kier alpha value is -1.36. The zero-order valence-electron chi connectivity index (χ0n) is 9.08. The van der Waals surface area contributed by atoms with Crippen molar-refractivity contribution in [3.8, 4) is 12.3 Å². The van der Waals surface area contributed by atoms with Crippen LogP contribution in [0.15, 0.2) is 16.3 Å². The van der Waals surface area contributed by atoms with Gasteiger partial charge in [-0.05, 0) is 12.1 Å². The SMILES string of the molecule is C#CCN(CC)S(=O)(=O)c1ccc(C(=O)O)s1. The Morgan fingerprint density at radius 3 is 2.65 bits per heavy atom. The second-order valence-corrected chi connectivity index (χ2v) is 6.31. The van der Waals surface area contributed by atoms with E-state index in [1.54, 1.807) is 6.92 Å². The molecule has 1 rings (SSSR count). The summed E-state index contributed by atoms with van der Waals surface area (Å²) in [6, 6.07) is 2.55. The van der Waals surface area contributed by atoms with E-state index in [0.29, 0.717) is 0 Å². The van der Waals surface area contributed by atoms with E-state index in [2.05, 4.69) is 5.92 Å². The molecule has 0 aliphatic carbocycles. The predicted molar refractivity (Wildman–Crippen MR) is 64.5 cm³/mol. The maximum atomic E-state index is 12.0. The lowest BCUT2D eigenvalue weighted by Crippen LogP contribution is -2.30. The molecule has 92 valence electrons. The van der Waals surface area contributed by atoms with Gasteiger partial charge in [-0.15, -0.1) is 17.8 Å². The van der Waals surface area contributed by atoms with Crippen LogP contribution in [-0.4, -0.2) is 36.9 Å². The lowest BCUT2D eigenvalue weighted by atomic mass is 10.5. The minimum atomic E-state index is -3.68. The van der Waals surface area contributed by atoms with Crippen LogP contribution in [0.3, 0.4) is 0 Å². The predicted octanol–water partition coefficient (Wildman–Crippen LogP) is 1.09. The first-order chi connectivity index (χ1) is 7.93. The molecule has 0 radical (unpaired) electrons. The fraction of sp³-hybridized carbons (Fsp3) is 0.300. The molecule has 0 saturated carbocycles. The van der Waals surface area contributed by atoms with Gasteiger partial charge in [0.25, 0.3) is 10.0 Å². The van der Waals surface area contributed by atoms with Gasteiger partial charge in [-0.3, -0.25) is 0 Å². The molecule has 0 atom stereocenters. The number of thiophene rings is 1. The van der Waals surface area contributed by atoms with Gasteiger partial charge in [0, 0.05) is 6.54 Å². The number of carboxylic acids is 1. The van der Waals surface area contributed by atoms with Crippen molar-refractivity contribution in [3.05, 3.63) is 17.0 Å². The average Bonchev–Trinajstić information content (AvgIpc) is 2.75. The summed E-state index contributed by atoms with van der Waals surface area (Å²) >= 11 is 0.720. The number of rotatable bonds is 5. The molecule has 0 bridgehead atoms. The van der Waals surface area contributed by atoms with E-state index >= 15 is 0 Å². The lowest BCUT2D eigenvalue weighted by molar-refractivity contribution is 0.0702. The summed E-state index contributed by atoms with van der Waals surface area (Å²) in [5.41, 5.74) is 0. The van der Waals surface area contributed by atoms with Gasteiger partial charge in [0.05, 0.1) is 6.54 Å². The van der Waals surface area contributed by atoms with Crippen molar-refractivity contribution >= 4 is 27.3 Å². The van der Waals surface area contributed by atoms with Crippen molar-refractivity contribution in [1.82, 2.24) is 4.31 Å². The van der Waals surface area contributed by atoms with Gasteiger partial charge in [0.1, 0.15) is 9.09 Å². The van der Waals surface area contributed by atoms with E-state index < -0.39 is 16.0 Å². The first-order valence-corrected chi connectivity index (χ1v) is 6.96. The molecule has 0 aliphatic rings. The number of carbonyl (C=O) groups is 1. The van der Waals surface area contributed by atoms with Crippen LogP contribution in [0.4, 0.5) is 0 Å². The Morgan fingerprint density at radius 2 is 2.24 bits per heavy atom. The smallest absolute Gasteiger partial charge is 0.345 e. The number of sulfonamides is 1. The van der Waals surface area contributed by atoms with Crippen molar-refractivity contribution in [2.45, 2.75) is 11.1 Å². The van der Waals surface area contributed by atoms with E-state index in [4.69, 9.17) is 11.5 Å². The van der Waals surface area contributed by atoms with Crippen LogP contribution in [0.5, 0.6) is 0 Å². The van der Waals surface area contributed by atoms with Gasteiger partial charge in [-0.2, -0.15) is 4.31 Å². The Bertz CT molecular complexity index is 553. The molecule has 0 spiro atoms. The molecular formula is C10H11NO4S2. The summed E-state index contributed by atoms with van der Waals surface area (Å²) in [7, 11) is -3.68. The highest BCUT2D eigenvalue weighted by atomic mass is 32.2. The van der Waals surface area contributed by atoms with Gasteiger partial charge in [-0.1, -0.05) is 12.8 Å². The molecule has 1 aromatic heterocycles. The number of carboxylic acid groups (broad SMARTS) is 1. The van der Waals surface area contributed by atoms with E-state index in [9.17, 15) is 13.2 Å². The molecule has 0 aliphatic heterocycles. The van der Waals surface area contributed by atoms with Crippen LogP contribution in [0.1, 0.15) is 16.6 Å². The fourth-order valence-electron chi connectivity index (χ4n) is 1.17. The number of nitrogens with zero attached hydrogens (tertiary/aromatic N) is 1. The van der Waals surface area contributed by atoms with Crippen LogP contribution in [0.2, 0.25) is 0 Å². The minimum absolute atomic E-state index is 0.00741. The van der Waals surface area contributed by atoms with E-state index in [0.717, 1.165) is 15.6 Å². The number of terminal acetylenes is 1. The van der Waals surface area contributed by atoms with Crippen LogP contribution in [-0.2, 0) is 10.0 Å². The van der Waals surface area contributed by atoms with Gasteiger partial charge in [0.2, 0.25) is 0 Å². The molecule has 5 nitrogen and oxygen atoms in total. The second kappa shape index (κ2) is 5.31. The third kappa shape index (κ3) is 2.85. The summed E-state index contributed by atoms with van der Waals surface area (Å²) in [6.45, 7) is 1.88. The zero-order valence-corrected chi connectivity index (χ0v) is 10.7. The van der Waals surface area contributed by atoms with Crippen LogP contribution < -0.4 is 0 Å². The molecule has 1 N–H and O–H groups in total. The molecule has 0 amide bonds. The normalized spacial score (nSPS) is 11.4. The standard InChI is InChI=1S/C10H11NO4S2/c1-3-7-11(4-2)17(14,15)9-6-5-8(16-9)10(12)13/h1,5-6H,4,7H2,2H3,(H,12,13). The summed E-state index contributed by atoms with van der Waals surface area (Å²) in [6.07, 6.45) is 5.09. The van der Waals surface area contributed by atoms with Crippen molar-refractivity contribution in [2.24, 2.45) is 0 Å². The average molecular weight is 273 g/mol. The summed E-state index contributed by atoms with van der Waals surface area (Å²) in [5, 5.41) is 8.73. The zero-order chi connectivity index (χ0) is 13.1. The summed E-state index contributed by atoms with van der Waals surface area (Å²) in [4.78, 5) is 10.7. The monoisotopic (exact) mass is 273 g/mol. The molecule has 17 heavy (non-hydrogen) atoms. The van der Waals surface area contributed by atoms with Crippen LogP contribution >= 0.6 is 11.3 Å². The van der Waals surface area contributed by atoms with Gasteiger partial charge in [0.15, 0.2) is 0 Å². The molecular weight excluding hydrogens is 262 g/mol. The van der Waals surface area contributed by atoms with E-state index in [1.165, 1.54) is 12.1 Å². The Morgan fingerprint density at radius 1 is 1.59 bits per heavy atom. The molecule has 0 saturated heterocycles. The number of hydrogen-bond acceptors (Lipinski definition) is 4. The Labute approximate surface area is 104 Å². The number of hydrogen-bond donors (Lipinski definition) is 1. The van der Waals surface area contributed by atoms with Gasteiger partial charge < -0.3 is 5.11 Å². The highest BCUT2D eigenvalue weighted by molar-refractivity contribution is 7.91. The molecule has 0 fully saturated rings. The Kier molecular flexibility index (Phi) is 4.28. The topological polar surface area (TPSA) is 74.7 Å². The van der Waals surface area contributed by atoms with Gasteiger partial charge in [-0.25, -0.2) is 13.2 Å². The third-order valence-corrected chi connectivity index (χ3v) is 5.47. The Balaban J connectivity index is 3.12. The lowest BCUT2D eigenvalue weighted by Gasteiger charge is -2.16. The van der Waals surface area contributed by atoms with Crippen molar-refractivity contribution in [1.29, 1.82) is 0 Å². The molecule has 1 aromatic rings. The van der Waals surface area contributed by atoms with Crippen molar-refractivity contribution in [3.63, 3.8) is 0 Å². The van der Waals surface area contributed by atoms with Crippen molar-refractivity contribution in [2.75, 3.05) is 13.1 Å². The minimum Gasteiger partial charge on any atom is -0.477 e. The largest absolute Gasteiger partial charge is 0.477 e. The first-order valence-electron chi connectivity index (χ1n) is 4.70. The van der Waals surface area contributed by atoms with E-state index in [-0.39, 0.29) is 22.2 Å². The number of aromatic carboxylic acids is 1.